The van der Waals surface area contributed by atoms with E-state index in [1.54, 1.807) is 36.5 Å². The Bertz CT molecular complexity index is 1600. The zero-order valence-corrected chi connectivity index (χ0v) is 18.5. The topological polar surface area (TPSA) is 164 Å². The molecule has 2 N–H and O–H groups in total. The Hall–Kier alpha value is -5.18. The van der Waals surface area contributed by atoms with Crippen molar-refractivity contribution in [1.29, 1.82) is 5.26 Å². The minimum atomic E-state index is -1.73. The van der Waals surface area contributed by atoms with Gasteiger partial charge in [0.05, 0.1) is 29.9 Å². The number of carbonyl (C=O) groups is 3. The molecule has 12 nitrogen and oxygen atoms in total. The number of benzene rings is 1. The quantitative estimate of drug-likeness (QED) is 0.410. The predicted octanol–water partition coefficient (Wildman–Crippen LogP) is 1.83. The molecule has 12 heteroatoms. The molecule has 0 fully saturated rings. The molecule has 1 spiro atoms. The largest absolute Gasteiger partial charge is 0.484 e. The molecule has 178 valence electrons. The molecular formula is C24H16N6O6. The molecule has 1 atom stereocenters. The van der Waals surface area contributed by atoms with Crippen LogP contribution in [0.5, 0.6) is 5.75 Å². The Kier molecular flexibility index (Phi) is 4.72. The van der Waals surface area contributed by atoms with Gasteiger partial charge >= 0.3 is 0 Å². The van der Waals surface area contributed by atoms with E-state index in [1.807, 2.05) is 6.07 Å². The second-order valence-corrected chi connectivity index (χ2v) is 8.16. The van der Waals surface area contributed by atoms with Gasteiger partial charge in [0.15, 0.2) is 11.4 Å². The minimum Gasteiger partial charge on any atom is -0.484 e. The maximum Gasteiger partial charge on any atom is 0.296 e. The number of carbonyl (C=O) groups excluding carboxylic acids is 3. The zero-order chi connectivity index (χ0) is 24.9. The first-order chi connectivity index (χ1) is 17.5. The summed E-state index contributed by atoms with van der Waals surface area (Å²) in [6, 6.07) is 10.3. The molecule has 1 aromatic carbocycles. The van der Waals surface area contributed by atoms with Gasteiger partial charge in [-0.05, 0) is 30.3 Å². The molecule has 1 unspecified atom stereocenters. The van der Waals surface area contributed by atoms with E-state index < -0.39 is 24.0 Å². The van der Waals surface area contributed by atoms with Crippen LogP contribution in [0.25, 0.3) is 22.4 Å². The molecule has 0 bridgehead atoms. The summed E-state index contributed by atoms with van der Waals surface area (Å²) in [5, 5.41) is 15.3. The summed E-state index contributed by atoms with van der Waals surface area (Å²) in [6.45, 7) is -0.564. The summed E-state index contributed by atoms with van der Waals surface area (Å²) in [5.41, 5.74) is 0.323. The Balaban J connectivity index is 1.45. The second kappa shape index (κ2) is 7.95. The summed E-state index contributed by atoms with van der Waals surface area (Å²) < 4.78 is 17.3. The summed E-state index contributed by atoms with van der Waals surface area (Å²) >= 11 is 0. The van der Waals surface area contributed by atoms with E-state index in [2.05, 4.69) is 20.6 Å². The third kappa shape index (κ3) is 3.10. The van der Waals surface area contributed by atoms with Gasteiger partial charge in [-0.25, -0.2) is 0 Å². The van der Waals surface area contributed by atoms with E-state index >= 15 is 0 Å². The number of hydrogen-bond acceptors (Lipinski definition) is 10. The first-order valence-corrected chi connectivity index (χ1v) is 10.9. The molecule has 2 aliphatic rings. The molecule has 0 aliphatic carbocycles. The van der Waals surface area contributed by atoms with Gasteiger partial charge in [-0.1, -0.05) is 0 Å². The number of ether oxygens (including phenoxy) is 1. The van der Waals surface area contributed by atoms with Crippen LogP contribution in [0.4, 0.5) is 5.69 Å². The van der Waals surface area contributed by atoms with Crippen molar-refractivity contribution in [3.05, 3.63) is 59.9 Å². The number of rotatable bonds is 3. The average molecular weight is 484 g/mol. The van der Waals surface area contributed by atoms with Gasteiger partial charge in [-0.2, -0.15) is 10.2 Å². The number of nitriles is 1. The fraction of sp³-hybridized carbons (Fsp3) is 0.167. The van der Waals surface area contributed by atoms with Crippen LogP contribution in [0.15, 0.2) is 51.6 Å². The Morgan fingerprint density at radius 3 is 2.97 bits per heavy atom. The maximum absolute atomic E-state index is 13.7. The number of aromatic nitrogens is 2. The molecule has 6 rings (SSSR count). The molecule has 36 heavy (non-hydrogen) atoms. The summed E-state index contributed by atoms with van der Waals surface area (Å²) in [5.74, 6) is -1.06. The highest BCUT2D eigenvalue weighted by atomic mass is 16.5. The van der Waals surface area contributed by atoms with Crippen molar-refractivity contribution >= 4 is 34.8 Å². The van der Waals surface area contributed by atoms with Gasteiger partial charge in [0.2, 0.25) is 17.3 Å². The number of nitrogens with one attached hydrogen (secondary N) is 2. The molecule has 3 aromatic heterocycles. The third-order valence-corrected chi connectivity index (χ3v) is 6.12. The van der Waals surface area contributed by atoms with Crippen LogP contribution in [-0.2, 0) is 16.1 Å². The van der Waals surface area contributed by atoms with Gasteiger partial charge in [0.1, 0.15) is 30.8 Å². The maximum atomic E-state index is 13.7. The standard InChI is InChI=1S/C24H16N6O6/c25-9-14-11-34-21(28-14)13-3-4-15-18(8-13)36-20-19(15)35-12-24(30(6-7-31)22(20)32)23(33)27-10-17-16(29-24)2-1-5-26-17/h1-5,7-8,11,29H,6,10,12H2,(H,27,33). The number of aldehydes is 1. The Labute approximate surface area is 202 Å². The summed E-state index contributed by atoms with van der Waals surface area (Å²) in [7, 11) is 0. The lowest BCUT2D eigenvalue weighted by Crippen LogP contribution is -2.67. The number of pyridine rings is 1. The average Bonchev–Trinajstić information content (AvgIpc) is 3.47. The van der Waals surface area contributed by atoms with Crippen molar-refractivity contribution in [3.8, 4) is 23.3 Å². The van der Waals surface area contributed by atoms with Crippen molar-refractivity contribution < 1.29 is 28.0 Å². The fourth-order valence-corrected chi connectivity index (χ4v) is 4.39. The normalized spacial score (nSPS) is 18.8. The molecule has 0 saturated carbocycles. The first kappa shape index (κ1) is 21.4. The van der Waals surface area contributed by atoms with E-state index in [4.69, 9.17) is 18.8 Å². The smallest absolute Gasteiger partial charge is 0.296 e. The fourth-order valence-electron chi connectivity index (χ4n) is 4.39. The van der Waals surface area contributed by atoms with Crippen LogP contribution in [0.1, 0.15) is 21.9 Å². The molecule has 4 aromatic rings. The SMILES string of the molecule is N#Cc1coc(-c2ccc3c4c(oc3c2)C(=O)N(CC=O)C2(CO4)Nc3cccnc3CNC2=O)n1. The monoisotopic (exact) mass is 484 g/mol. The Morgan fingerprint density at radius 2 is 2.17 bits per heavy atom. The molecule has 0 radical (unpaired) electrons. The highest BCUT2D eigenvalue weighted by Crippen LogP contribution is 2.40. The van der Waals surface area contributed by atoms with Crippen molar-refractivity contribution in [1.82, 2.24) is 20.2 Å². The number of amides is 2. The van der Waals surface area contributed by atoms with E-state index in [-0.39, 0.29) is 36.2 Å². The van der Waals surface area contributed by atoms with Gasteiger partial charge < -0.3 is 29.0 Å². The van der Waals surface area contributed by atoms with Gasteiger partial charge in [0, 0.05) is 11.8 Å². The van der Waals surface area contributed by atoms with Crippen LogP contribution in [-0.4, -0.2) is 51.8 Å². The van der Waals surface area contributed by atoms with Gasteiger partial charge in [-0.15, -0.1) is 0 Å². The zero-order valence-electron chi connectivity index (χ0n) is 18.5. The number of furan rings is 1. The van der Waals surface area contributed by atoms with Crippen molar-refractivity contribution in [2.45, 2.75) is 12.2 Å². The minimum absolute atomic E-state index is 0.125. The number of anilines is 1. The van der Waals surface area contributed by atoms with Crippen LogP contribution in [0.2, 0.25) is 0 Å². The predicted molar refractivity (Wildman–Crippen MR) is 121 cm³/mol. The lowest BCUT2D eigenvalue weighted by Gasteiger charge is -2.39. The number of nitrogens with zero attached hydrogens (tertiary/aromatic N) is 4. The van der Waals surface area contributed by atoms with Crippen molar-refractivity contribution in [3.63, 3.8) is 0 Å². The molecule has 0 saturated heterocycles. The van der Waals surface area contributed by atoms with E-state index in [1.165, 1.54) is 6.26 Å². The lowest BCUT2D eigenvalue weighted by atomic mass is 10.1. The summed E-state index contributed by atoms with van der Waals surface area (Å²) in [6.07, 6.45) is 3.36. The van der Waals surface area contributed by atoms with Crippen LogP contribution >= 0.6 is 0 Å². The highest BCUT2D eigenvalue weighted by Gasteiger charge is 2.52. The van der Waals surface area contributed by atoms with E-state index in [0.717, 1.165) is 4.90 Å². The number of hydrogen-bond donors (Lipinski definition) is 2. The highest BCUT2D eigenvalue weighted by molar-refractivity contribution is 6.06. The number of fused-ring (bicyclic) bond motifs is 4. The Morgan fingerprint density at radius 1 is 1.28 bits per heavy atom. The van der Waals surface area contributed by atoms with Crippen LogP contribution in [0.3, 0.4) is 0 Å². The molecule has 2 aliphatic heterocycles. The van der Waals surface area contributed by atoms with Crippen LogP contribution < -0.4 is 15.4 Å². The van der Waals surface area contributed by atoms with Gasteiger partial charge in [0.25, 0.3) is 11.8 Å². The summed E-state index contributed by atoms with van der Waals surface area (Å²) in [4.78, 5) is 48.2. The van der Waals surface area contributed by atoms with Gasteiger partial charge in [-0.3, -0.25) is 19.5 Å². The first-order valence-electron chi connectivity index (χ1n) is 10.9. The second-order valence-electron chi connectivity index (χ2n) is 8.16. The number of oxazole rings is 1. The molecule has 5 heterocycles. The van der Waals surface area contributed by atoms with E-state index in [9.17, 15) is 14.4 Å². The third-order valence-electron chi connectivity index (χ3n) is 6.12. The molecular weight excluding hydrogens is 468 g/mol. The molecule has 2 amide bonds. The van der Waals surface area contributed by atoms with Crippen molar-refractivity contribution in [2.75, 3.05) is 18.5 Å². The van der Waals surface area contributed by atoms with Crippen molar-refractivity contribution in [2.24, 2.45) is 0 Å². The lowest BCUT2D eigenvalue weighted by molar-refractivity contribution is -0.132. The van der Waals surface area contributed by atoms with Crippen LogP contribution in [0, 0.1) is 11.3 Å². The van der Waals surface area contributed by atoms with E-state index in [0.29, 0.717) is 34.2 Å².